The van der Waals surface area contributed by atoms with Crippen LogP contribution in [0, 0.1) is 0 Å². The Labute approximate surface area is 164 Å². The van der Waals surface area contributed by atoms with Crippen molar-refractivity contribution in [3.05, 3.63) is 78.4 Å². The predicted molar refractivity (Wildman–Crippen MR) is 115 cm³/mol. The number of aliphatic imine (C=N–C) groups is 1. The SMILES string of the molecule is C=CCOc1cccc(/C=C/C(=O)c2ccc(NC3=NCCCS3)cc2)c1. The van der Waals surface area contributed by atoms with Crippen molar-refractivity contribution in [2.45, 2.75) is 6.42 Å². The second-order valence-corrected chi connectivity index (χ2v) is 7.04. The fourth-order valence-electron chi connectivity index (χ4n) is 2.51. The minimum absolute atomic E-state index is 0.0386. The van der Waals surface area contributed by atoms with Gasteiger partial charge < -0.3 is 10.1 Å². The van der Waals surface area contributed by atoms with Gasteiger partial charge in [0.25, 0.3) is 0 Å². The lowest BCUT2D eigenvalue weighted by Gasteiger charge is -2.13. The Morgan fingerprint density at radius 1 is 1.26 bits per heavy atom. The molecule has 4 nitrogen and oxygen atoms in total. The molecule has 0 amide bonds. The third-order valence-corrected chi connectivity index (χ3v) is 4.87. The number of ether oxygens (including phenoxy) is 1. The average Bonchev–Trinajstić information content (AvgIpc) is 2.72. The number of carbonyl (C=O) groups excluding carboxylic acids is 1. The first-order chi connectivity index (χ1) is 13.2. The molecule has 1 heterocycles. The summed E-state index contributed by atoms with van der Waals surface area (Å²) in [5, 5.41) is 4.23. The van der Waals surface area contributed by atoms with E-state index >= 15 is 0 Å². The van der Waals surface area contributed by atoms with E-state index in [4.69, 9.17) is 4.74 Å². The fourth-order valence-corrected chi connectivity index (χ4v) is 3.35. The van der Waals surface area contributed by atoms with Crippen LogP contribution in [0.5, 0.6) is 5.75 Å². The Morgan fingerprint density at radius 3 is 2.85 bits per heavy atom. The maximum Gasteiger partial charge on any atom is 0.185 e. The Balaban J connectivity index is 1.61. The minimum atomic E-state index is -0.0386. The molecule has 0 bridgehead atoms. The van der Waals surface area contributed by atoms with Crippen LogP contribution in [-0.2, 0) is 0 Å². The molecule has 0 atom stereocenters. The van der Waals surface area contributed by atoms with E-state index in [0.29, 0.717) is 12.2 Å². The number of rotatable bonds is 7. The molecule has 0 saturated heterocycles. The zero-order valence-corrected chi connectivity index (χ0v) is 15.9. The number of nitrogens with zero attached hydrogens (tertiary/aromatic N) is 1. The summed E-state index contributed by atoms with van der Waals surface area (Å²) in [6, 6.07) is 15.1. The van der Waals surface area contributed by atoms with Crippen LogP contribution in [0.3, 0.4) is 0 Å². The van der Waals surface area contributed by atoms with Gasteiger partial charge in [-0.2, -0.15) is 0 Å². The summed E-state index contributed by atoms with van der Waals surface area (Å²) in [6.45, 7) is 4.96. The van der Waals surface area contributed by atoms with E-state index in [9.17, 15) is 4.79 Å². The molecule has 0 saturated carbocycles. The normalized spacial score (nSPS) is 13.9. The minimum Gasteiger partial charge on any atom is -0.490 e. The van der Waals surface area contributed by atoms with Gasteiger partial charge in [0.1, 0.15) is 12.4 Å². The average molecular weight is 378 g/mol. The number of thioether (sulfide) groups is 1. The number of nitrogens with one attached hydrogen (secondary N) is 1. The predicted octanol–water partition coefficient (Wildman–Crippen LogP) is 5.05. The van der Waals surface area contributed by atoms with Gasteiger partial charge in [-0.15, -0.1) is 0 Å². The molecular weight excluding hydrogens is 356 g/mol. The van der Waals surface area contributed by atoms with Crippen molar-refractivity contribution in [1.29, 1.82) is 0 Å². The molecule has 0 unspecified atom stereocenters. The van der Waals surface area contributed by atoms with Crippen LogP contribution in [0.4, 0.5) is 5.69 Å². The van der Waals surface area contributed by atoms with Gasteiger partial charge in [-0.3, -0.25) is 9.79 Å². The molecule has 0 spiro atoms. The first-order valence-electron chi connectivity index (χ1n) is 8.85. The van der Waals surface area contributed by atoms with Gasteiger partial charge in [0, 0.05) is 23.5 Å². The summed E-state index contributed by atoms with van der Waals surface area (Å²) in [5.74, 6) is 1.80. The number of ketones is 1. The molecule has 0 radical (unpaired) electrons. The van der Waals surface area contributed by atoms with Crippen molar-refractivity contribution < 1.29 is 9.53 Å². The third kappa shape index (κ3) is 5.86. The lowest BCUT2D eigenvalue weighted by Crippen LogP contribution is -2.13. The zero-order valence-electron chi connectivity index (χ0n) is 15.1. The molecule has 2 aromatic rings. The molecule has 3 rings (SSSR count). The van der Waals surface area contributed by atoms with Crippen molar-refractivity contribution >= 4 is 34.5 Å². The lowest BCUT2D eigenvalue weighted by molar-refractivity contribution is 0.104. The summed E-state index contributed by atoms with van der Waals surface area (Å²) < 4.78 is 5.51. The van der Waals surface area contributed by atoms with Crippen LogP contribution >= 0.6 is 11.8 Å². The van der Waals surface area contributed by atoms with E-state index in [0.717, 1.165) is 40.9 Å². The van der Waals surface area contributed by atoms with Crippen LogP contribution < -0.4 is 10.1 Å². The van der Waals surface area contributed by atoms with Gasteiger partial charge in [0.15, 0.2) is 11.0 Å². The van der Waals surface area contributed by atoms with Crippen molar-refractivity contribution in [3.8, 4) is 5.75 Å². The standard InChI is InChI=1S/C22H22N2O2S/c1-2-14-26-20-6-3-5-17(16-20)7-12-21(25)18-8-10-19(11-9-18)24-22-23-13-4-15-27-22/h2-3,5-12,16H,1,4,13-15H2,(H,23,24)/b12-7+. The fraction of sp³-hybridized carbons (Fsp3) is 0.182. The third-order valence-electron chi connectivity index (χ3n) is 3.87. The summed E-state index contributed by atoms with van der Waals surface area (Å²) in [5.41, 5.74) is 2.50. The molecule has 1 aliphatic rings. The van der Waals surface area contributed by atoms with E-state index in [1.807, 2.05) is 48.5 Å². The number of amidine groups is 1. The number of anilines is 1. The maximum absolute atomic E-state index is 12.4. The van der Waals surface area contributed by atoms with Crippen LogP contribution in [0.1, 0.15) is 22.3 Å². The highest BCUT2D eigenvalue weighted by molar-refractivity contribution is 8.14. The maximum atomic E-state index is 12.4. The van der Waals surface area contributed by atoms with E-state index in [1.165, 1.54) is 0 Å². The van der Waals surface area contributed by atoms with E-state index in [1.54, 1.807) is 30.0 Å². The molecule has 1 N–H and O–H groups in total. The van der Waals surface area contributed by atoms with Gasteiger partial charge in [-0.25, -0.2) is 0 Å². The van der Waals surface area contributed by atoms with Gasteiger partial charge in [0.05, 0.1) is 0 Å². The van der Waals surface area contributed by atoms with E-state index < -0.39 is 0 Å². The van der Waals surface area contributed by atoms with Crippen molar-refractivity contribution in [2.75, 3.05) is 24.2 Å². The summed E-state index contributed by atoms with van der Waals surface area (Å²) >= 11 is 1.73. The van der Waals surface area contributed by atoms with Crippen molar-refractivity contribution in [2.24, 2.45) is 4.99 Å². The van der Waals surface area contributed by atoms with Crippen molar-refractivity contribution in [1.82, 2.24) is 0 Å². The molecule has 0 aromatic heterocycles. The molecule has 0 aliphatic carbocycles. The molecule has 138 valence electrons. The molecule has 2 aromatic carbocycles. The number of allylic oxidation sites excluding steroid dienone is 1. The highest BCUT2D eigenvalue weighted by Gasteiger charge is 2.07. The van der Waals surface area contributed by atoms with Crippen LogP contribution in [0.15, 0.2) is 72.3 Å². The Morgan fingerprint density at radius 2 is 2.11 bits per heavy atom. The highest BCUT2D eigenvalue weighted by Crippen LogP contribution is 2.18. The van der Waals surface area contributed by atoms with E-state index in [2.05, 4.69) is 16.9 Å². The first-order valence-corrected chi connectivity index (χ1v) is 9.84. The number of carbonyl (C=O) groups is 1. The topological polar surface area (TPSA) is 50.7 Å². The molecule has 5 heteroatoms. The second-order valence-electron chi connectivity index (χ2n) is 5.96. The van der Waals surface area contributed by atoms with Gasteiger partial charge in [0.2, 0.25) is 0 Å². The smallest absolute Gasteiger partial charge is 0.185 e. The number of benzene rings is 2. The van der Waals surface area contributed by atoms with Crippen LogP contribution in [0.25, 0.3) is 6.08 Å². The molecule has 0 fully saturated rings. The van der Waals surface area contributed by atoms with Gasteiger partial charge in [-0.05, 0) is 54.5 Å². The molecular formula is C22H22N2O2S. The monoisotopic (exact) mass is 378 g/mol. The van der Waals surface area contributed by atoms with Gasteiger partial charge >= 0.3 is 0 Å². The highest BCUT2D eigenvalue weighted by atomic mass is 32.2. The molecule has 27 heavy (non-hydrogen) atoms. The largest absolute Gasteiger partial charge is 0.490 e. The lowest BCUT2D eigenvalue weighted by atomic mass is 10.1. The number of hydrogen-bond donors (Lipinski definition) is 1. The van der Waals surface area contributed by atoms with E-state index in [-0.39, 0.29) is 5.78 Å². The summed E-state index contributed by atoms with van der Waals surface area (Å²) in [4.78, 5) is 16.8. The summed E-state index contributed by atoms with van der Waals surface area (Å²) in [7, 11) is 0. The van der Waals surface area contributed by atoms with Crippen LogP contribution in [0.2, 0.25) is 0 Å². The number of hydrogen-bond acceptors (Lipinski definition) is 5. The Kier molecular flexibility index (Phi) is 6.88. The Bertz CT molecular complexity index is 857. The van der Waals surface area contributed by atoms with Gasteiger partial charge in [-0.1, -0.05) is 42.6 Å². The van der Waals surface area contributed by atoms with Crippen LogP contribution in [-0.4, -0.2) is 29.9 Å². The zero-order chi connectivity index (χ0) is 18.9. The Hall–Kier alpha value is -2.79. The van der Waals surface area contributed by atoms with Crippen molar-refractivity contribution in [3.63, 3.8) is 0 Å². The quantitative estimate of drug-likeness (QED) is 0.416. The second kappa shape index (κ2) is 9.78. The first kappa shape index (κ1) is 19.0. The summed E-state index contributed by atoms with van der Waals surface area (Å²) in [6.07, 6.45) is 6.20. The molecule has 1 aliphatic heterocycles.